The highest BCUT2D eigenvalue weighted by Gasteiger charge is 2.20. The van der Waals surface area contributed by atoms with Gasteiger partial charge < -0.3 is 4.74 Å². The van der Waals surface area contributed by atoms with Gasteiger partial charge in [0.25, 0.3) is 0 Å². The highest BCUT2D eigenvalue weighted by Crippen LogP contribution is 2.31. The van der Waals surface area contributed by atoms with E-state index in [9.17, 15) is 4.79 Å². The number of hydrogen-bond acceptors (Lipinski definition) is 4. The minimum atomic E-state index is -0.226. The number of rotatable bonds is 7. The van der Waals surface area contributed by atoms with Gasteiger partial charge in [-0.05, 0) is 36.3 Å². The molecule has 0 saturated carbocycles. The molecule has 0 aromatic carbocycles. The average Bonchev–Trinajstić information content (AvgIpc) is 2.86. The zero-order valence-corrected chi connectivity index (χ0v) is 19.5. The van der Waals surface area contributed by atoms with Crippen LogP contribution in [0.3, 0.4) is 0 Å². The molecule has 0 aliphatic heterocycles. The fourth-order valence-corrected chi connectivity index (χ4v) is 3.92. The Labute approximate surface area is 174 Å². The van der Waals surface area contributed by atoms with Crippen molar-refractivity contribution < 1.29 is 9.53 Å². The van der Waals surface area contributed by atoms with Crippen molar-refractivity contribution >= 4 is 29.0 Å². The van der Waals surface area contributed by atoms with Gasteiger partial charge in [0.15, 0.2) is 0 Å². The Bertz CT molecular complexity index is 781. The smallest absolute Gasteiger partial charge is 0.311 e. The Morgan fingerprint density at radius 1 is 1.18 bits per heavy atom. The maximum absolute atomic E-state index is 12.3. The van der Waals surface area contributed by atoms with Crippen molar-refractivity contribution in [2.75, 3.05) is 0 Å². The Morgan fingerprint density at radius 2 is 1.82 bits per heavy atom. The molecular formula is C24H35NO2S. The minimum Gasteiger partial charge on any atom is -0.426 e. The molecule has 0 radical (unpaired) electrons. The highest BCUT2D eigenvalue weighted by atomic mass is 32.1. The third-order valence-corrected chi connectivity index (χ3v) is 4.63. The Morgan fingerprint density at radius 3 is 2.32 bits per heavy atom. The summed E-state index contributed by atoms with van der Waals surface area (Å²) in [6.07, 6.45) is 10.6. The van der Waals surface area contributed by atoms with Crippen LogP contribution in [0.1, 0.15) is 77.4 Å². The van der Waals surface area contributed by atoms with E-state index in [0.717, 1.165) is 27.6 Å². The fraction of sp³-hybridized carbons (Fsp3) is 0.500. The molecule has 1 aromatic rings. The number of carbonyl (C=O) groups is 1. The molecular weight excluding hydrogens is 366 g/mol. The van der Waals surface area contributed by atoms with Crippen LogP contribution in [0.15, 0.2) is 36.6 Å². The molecule has 0 bridgehead atoms. The van der Waals surface area contributed by atoms with Crippen LogP contribution in [0.25, 0.3) is 11.6 Å². The molecule has 4 heteroatoms. The summed E-state index contributed by atoms with van der Waals surface area (Å²) in [6.45, 7) is 20.4. The van der Waals surface area contributed by atoms with Crippen LogP contribution in [0.4, 0.5) is 0 Å². The van der Waals surface area contributed by atoms with Crippen LogP contribution in [0.5, 0.6) is 0 Å². The number of esters is 1. The molecule has 3 nitrogen and oxygen atoms in total. The van der Waals surface area contributed by atoms with Gasteiger partial charge in [-0.25, -0.2) is 4.98 Å². The number of hydrogen-bond donors (Lipinski definition) is 0. The number of carbonyl (C=O) groups excluding carboxylic acids is 1. The summed E-state index contributed by atoms with van der Waals surface area (Å²) >= 11 is 1.65. The largest absolute Gasteiger partial charge is 0.426 e. The van der Waals surface area contributed by atoms with E-state index in [-0.39, 0.29) is 16.8 Å². The third-order valence-electron chi connectivity index (χ3n) is 3.63. The van der Waals surface area contributed by atoms with E-state index in [1.54, 1.807) is 17.4 Å². The second-order valence-corrected chi connectivity index (χ2v) is 10.5. The lowest BCUT2D eigenvalue weighted by atomic mass is 9.92. The van der Waals surface area contributed by atoms with Gasteiger partial charge in [0.2, 0.25) is 0 Å². The van der Waals surface area contributed by atoms with Crippen LogP contribution < -0.4 is 0 Å². The molecule has 0 amide bonds. The van der Waals surface area contributed by atoms with E-state index in [2.05, 4.69) is 27.4 Å². The fourth-order valence-electron chi connectivity index (χ4n) is 2.55. The second-order valence-electron chi connectivity index (χ2n) is 9.40. The summed E-state index contributed by atoms with van der Waals surface area (Å²) in [7, 11) is 0. The molecule has 154 valence electrons. The molecule has 1 heterocycles. The lowest BCUT2D eigenvalue weighted by Gasteiger charge is -2.16. The van der Waals surface area contributed by atoms with E-state index in [1.807, 2.05) is 58.9 Å². The summed E-state index contributed by atoms with van der Waals surface area (Å²) in [5.41, 5.74) is 1.99. The van der Waals surface area contributed by atoms with Crippen molar-refractivity contribution in [1.29, 1.82) is 0 Å². The maximum Gasteiger partial charge on any atom is 0.311 e. The third kappa shape index (κ3) is 8.83. The molecule has 0 atom stereocenters. The molecule has 0 saturated heterocycles. The van der Waals surface area contributed by atoms with Crippen molar-refractivity contribution in [3.63, 3.8) is 0 Å². The predicted octanol–water partition coefficient (Wildman–Crippen LogP) is 7.22. The van der Waals surface area contributed by atoms with Gasteiger partial charge in [0.1, 0.15) is 5.76 Å². The van der Waals surface area contributed by atoms with Gasteiger partial charge >= 0.3 is 5.97 Å². The molecule has 0 spiro atoms. The van der Waals surface area contributed by atoms with Gasteiger partial charge in [0.05, 0.1) is 22.0 Å². The maximum atomic E-state index is 12.3. The molecule has 0 unspecified atom stereocenters. The number of aromatic nitrogens is 1. The summed E-state index contributed by atoms with van der Waals surface area (Å²) in [5, 5.41) is 1.08. The van der Waals surface area contributed by atoms with Crippen molar-refractivity contribution in [3.8, 4) is 0 Å². The SMILES string of the molecule is C=C/C=C(\C)c1nc(CC(C)(C)C)sc1/C=C(\C=C\C)OC(=O)CC(C)(C)C. The summed E-state index contributed by atoms with van der Waals surface area (Å²) in [6, 6.07) is 0. The summed E-state index contributed by atoms with van der Waals surface area (Å²) in [5.74, 6) is 0.312. The quantitative estimate of drug-likeness (QED) is 0.275. The molecule has 0 fully saturated rings. The molecule has 1 rings (SSSR count). The van der Waals surface area contributed by atoms with Gasteiger partial charge in [-0.2, -0.15) is 0 Å². The van der Waals surface area contributed by atoms with Crippen LogP contribution in [0, 0.1) is 10.8 Å². The summed E-state index contributed by atoms with van der Waals surface area (Å²) in [4.78, 5) is 18.2. The second kappa shape index (κ2) is 10.0. The van der Waals surface area contributed by atoms with Crippen molar-refractivity contribution in [1.82, 2.24) is 4.98 Å². The first-order valence-electron chi connectivity index (χ1n) is 9.69. The number of nitrogens with zero attached hydrogens (tertiary/aromatic N) is 1. The minimum absolute atomic E-state index is 0.114. The molecule has 0 aliphatic carbocycles. The van der Waals surface area contributed by atoms with Crippen molar-refractivity contribution in [2.45, 2.75) is 68.2 Å². The topological polar surface area (TPSA) is 39.2 Å². The molecule has 28 heavy (non-hydrogen) atoms. The zero-order valence-electron chi connectivity index (χ0n) is 18.7. The zero-order chi connectivity index (χ0) is 21.5. The number of ether oxygens (including phenoxy) is 1. The normalized spacial score (nSPS) is 13.9. The van der Waals surface area contributed by atoms with E-state index in [4.69, 9.17) is 9.72 Å². The number of allylic oxidation sites excluding steroid dienone is 5. The monoisotopic (exact) mass is 401 g/mol. The summed E-state index contributed by atoms with van der Waals surface area (Å²) < 4.78 is 5.65. The van der Waals surface area contributed by atoms with E-state index >= 15 is 0 Å². The van der Waals surface area contributed by atoms with Crippen molar-refractivity contribution in [3.05, 3.63) is 52.2 Å². The van der Waals surface area contributed by atoms with Crippen LogP contribution >= 0.6 is 11.3 Å². The first-order valence-corrected chi connectivity index (χ1v) is 10.5. The Hall–Kier alpha value is -1.94. The first-order chi connectivity index (χ1) is 12.8. The van der Waals surface area contributed by atoms with Crippen LogP contribution in [-0.2, 0) is 16.0 Å². The highest BCUT2D eigenvalue weighted by molar-refractivity contribution is 7.12. The van der Waals surface area contributed by atoms with Gasteiger partial charge in [0, 0.05) is 12.5 Å². The van der Waals surface area contributed by atoms with Gasteiger partial charge in [-0.1, -0.05) is 66.3 Å². The van der Waals surface area contributed by atoms with Gasteiger partial charge in [-0.15, -0.1) is 11.3 Å². The van der Waals surface area contributed by atoms with Crippen LogP contribution in [0.2, 0.25) is 0 Å². The standard InChI is InChI=1S/C24H35NO2S/c1-10-12-17(3)22-19(28-20(25-22)15-23(4,5)6)14-18(13-11-2)27-21(26)16-24(7,8)9/h10-14H,1,15-16H2,2-9H3/b13-11+,17-12+,18-14+. The van der Waals surface area contributed by atoms with Crippen LogP contribution in [-0.4, -0.2) is 11.0 Å². The molecule has 1 aromatic heterocycles. The Balaban J connectivity index is 3.32. The number of thiazole rings is 1. The lowest BCUT2D eigenvalue weighted by Crippen LogP contribution is -2.14. The molecule has 0 aliphatic rings. The molecule has 0 N–H and O–H groups in total. The van der Waals surface area contributed by atoms with E-state index in [1.165, 1.54) is 0 Å². The van der Waals surface area contributed by atoms with Crippen molar-refractivity contribution in [2.24, 2.45) is 10.8 Å². The Kier molecular flexibility index (Phi) is 8.62. The lowest BCUT2D eigenvalue weighted by molar-refractivity contribution is -0.140. The predicted molar refractivity (Wildman–Crippen MR) is 122 cm³/mol. The van der Waals surface area contributed by atoms with Gasteiger partial charge in [-0.3, -0.25) is 4.79 Å². The average molecular weight is 402 g/mol. The first kappa shape index (κ1) is 24.1. The van der Waals surface area contributed by atoms with E-state index in [0.29, 0.717) is 12.2 Å². The van der Waals surface area contributed by atoms with E-state index < -0.39 is 0 Å².